The number of carbonyl (C=O) groups is 1. The summed E-state index contributed by atoms with van der Waals surface area (Å²) in [5, 5.41) is 20.3. The molecule has 2 unspecified atom stereocenters. The highest BCUT2D eigenvalue weighted by atomic mass is 16.3. The van der Waals surface area contributed by atoms with E-state index in [1.165, 1.54) is 0 Å². The van der Waals surface area contributed by atoms with E-state index in [9.17, 15) is 9.90 Å². The fourth-order valence-corrected chi connectivity index (χ4v) is 3.40. The van der Waals surface area contributed by atoms with Gasteiger partial charge in [-0.3, -0.25) is 0 Å². The number of urea groups is 1. The Morgan fingerprint density at radius 1 is 1.32 bits per heavy atom. The summed E-state index contributed by atoms with van der Waals surface area (Å²) >= 11 is 0. The molecule has 1 fully saturated rings. The van der Waals surface area contributed by atoms with E-state index in [-0.39, 0.29) is 17.6 Å². The van der Waals surface area contributed by atoms with Crippen molar-refractivity contribution >= 4 is 6.03 Å². The monoisotopic (exact) mass is 342 g/mol. The van der Waals surface area contributed by atoms with Gasteiger partial charge in [-0.1, -0.05) is 38.0 Å². The molecule has 0 aliphatic heterocycles. The van der Waals surface area contributed by atoms with Crippen molar-refractivity contribution in [1.82, 2.24) is 20.4 Å². The zero-order valence-electron chi connectivity index (χ0n) is 14.6. The topological polar surface area (TPSA) is 79.2 Å². The van der Waals surface area contributed by atoms with Gasteiger partial charge in [0.25, 0.3) is 0 Å². The molecule has 0 radical (unpaired) electrons. The summed E-state index contributed by atoms with van der Waals surface area (Å²) < 4.78 is 1.79. The number of rotatable bonds is 5. The van der Waals surface area contributed by atoms with Crippen LogP contribution in [0.25, 0.3) is 5.69 Å². The lowest BCUT2D eigenvalue weighted by Crippen LogP contribution is -2.47. The zero-order chi connectivity index (χ0) is 17.7. The third kappa shape index (κ3) is 4.20. The SMILES string of the molecule is CC1(CNC(=O)NCc2ccccc2-n2cccn2)CCCCC1O. The second kappa shape index (κ2) is 7.70. The van der Waals surface area contributed by atoms with Crippen LogP contribution in [0.15, 0.2) is 42.7 Å². The first-order valence-corrected chi connectivity index (χ1v) is 8.86. The van der Waals surface area contributed by atoms with Crippen molar-refractivity contribution in [1.29, 1.82) is 0 Å². The first-order chi connectivity index (χ1) is 12.1. The van der Waals surface area contributed by atoms with Gasteiger partial charge in [0.2, 0.25) is 0 Å². The number of hydrogen-bond acceptors (Lipinski definition) is 3. The summed E-state index contributed by atoms with van der Waals surface area (Å²) in [6.45, 7) is 2.95. The number of aliphatic hydroxyl groups is 1. The Morgan fingerprint density at radius 2 is 2.16 bits per heavy atom. The minimum atomic E-state index is -0.345. The van der Waals surface area contributed by atoms with E-state index < -0.39 is 0 Å². The van der Waals surface area contributed by atoms with Crippen molar-refractivity contribution in [2.24, 2.45) is 5.41 Å². The predicted octanol–water partition coefficient (Wildman–Crippen LogP) is 2.61. The summed E-state index contributed by atoms with van der Waals surface area (Å²) in [7, 11) is 0. The van der Waals surface area contributed by atoms with Gasteiger partial charge in [0, 0.05) is 30.9 Å². The first-order valence-electron chi connectivity index (χ1n) is 8.86. The van der Waals surface area contributed by atoms with Crippen molar-refractivity contribution in [2.45, 2.75) is 45.3 Å². The Balaban J connectivity index is 1.55. The van der Waals surface area contributed by atoms with E-state index >= 15 is 0 Å². The highest BCUT2D eigenvalue weighted by Gasteiger charge is 2.35. The molecule has 0 spiro atoms. The summed E-state index contributed by atoms with van der Waals surface area (Å²) in [5.41, 5.74) is 1.70. The van der Waals surface area contributed by atoms with Gasteiger partial charge < -0.3 is 15.7 Å². The van der Waals surface area contributed by atoms with Gasteiger partial charge in [0.05, 0.1) is 11.8 Å². The second-order valence-corrected chi connectivity index (χ2v) is 7.03. The van der Waals surface area contributed by atoms with Crippen LogP contribution >= 0.6 is 0 Å². The van der Waals surface area contributed by atoms with Crippen molar-refractivity contribution < 1.29 is 9.90 Å². The minimum Gasteiger partial charge on any atom is -0.392 e. The molecule has 1 aromatic heterocycles. The van der Waals surface area contributed by atoms with Crippen LogP contribution in [0.4, 0.5) is 4.79 Å². The summed E-state index contributed by atoms with van der Waals surface area (Å²) in [5.74, 6) is 0. The van der Waals surface area contributed by atoms with Gasteiger partial charge in [-0.25, -0.2) is 9.48 Å². The normalized spacial score (nSPS) is 23.2. The molecule has 2 atom stereocenters. The standard InChI is InChI=1S/C19H26N4O2/c1-19(10-5-4-9-17(19)24)14-21-18(25)20-13-15-7-2-3-8-16(15)23-12-6-11-22-23/h2-3,6-8,11-12,17,24H,4-5,9-10,13-14H2,1H3,(H2,20,21,25). The number of benzene rings is 1. The lowest BCUT2D eigenvalue weighted by atomic mass is 9.73. The van der Waals surface area contributed by atoms with Crippen molar-refractivity contribution in [2.75, 3.05) is 6.54 Å². The van der Waals surface area contributed by atoms with Gasteiger partial charge in [0.1, 0.15) is 0 Å². The average Bonchev–Trinajstić information content (AvgIpc) is 3.16. The molecule has 2 aromatic rings. The lowest BCUT2D eigenvalue weighted by molar-refractivity contribution is 0.00309. The molecule has 6 heteroatoms. The smallest absolute Gasteiger partial charge is 0.315 e. The number of hydrogen-bond donors (Lipinski definition) is 3. The number of amides is 2. The van der Waals surface area contributed by atoms with Crippen LogP contribution in [0.3, 0.4) is 0 Å². The molecule has 0 saturated heterocycles. The molecule has 3 rings (SSSR count). The molecule has 2 amide bonds. The molecule has 1 aromatic carbocycles. The minimum absolute atomic E-state index is 0.214. The van der Waals surface area contributed by atoms with Gasteiger partial charge in [-0.15, -0.1) is 0 Å². The maximum atomic E-state index is 12.2. The number of carbonyl (C=O) groups excluding carboxylic acids is 1. The van der Waals surface area contributed by atoms with Crippen LogP contribution < -0.4 is 10.6 Å². The number of aromatic nitrogens is 2. The molecular weight excluding hydrogens is 316 g/mol. The van der Waals surface area contributed by atoms with Gasteiger partial charge in [-0.2, -0.15) is 5.10 Å². The number of aliphatic hydroxyl groups excluding tert-OH is 1. The maximum absolute atomic E-state index is 12.2. The third-order valence-electron chi connectivity index (χ3n) is 5.11. The van der Waals surface area contributed by atoms with Crippen LogP contribution in [0.2, 0.25) is 0 Å². The molecule has 3 N–H and O–H groups in total. The predicted molar refractivity (Wildman–Crippen MR) is 96.4 cm³/mol. The molecule has 25 heavy (non-hydrogen) atoms. The van der Waals surface area contributed by atoms with Crippen molar-refractivity contribution in [3.8, 4) is 5.69 Å². The van der Waals surface area contributed by atoms with E-state index in [4.69, 9.17) is 0 Å². The van der Waals surface area contributed by atoms with E-state index in [1.54, 1.807) is 10.9 Å². The number of nitrogens with one attached hydrogen (secondary N) is 2. The van der Waals surface area contributed by atoms with Crippen LogP contribution in [0.1, 0.15) is 38.2 Å². The van der Waals surface area contributed by atoms with Crippen LogP contribution in [0.5, 0.6) is 0 Å². The number of para-hydroxylation sites is 1. The van der Waals surface area contributed by atoms with Gasteiger partial charge in [0.15, 0.2) is 0 Å². The summed E-state index contributed by atoms with van der Waals surface area (Å²) in [6, 6.07) is 9.50. The molecule has 6 nitrogen and oxygen atoms in total. The molecular formula is C19H26N4O2. The van der Waals surface area contributed by atoms with E-state index in [1.807, 2.05) is 43.5 Å². The summed E-state index contributed by atoms with van der Waals surface area (Å²) in [6.07, 6.45) is 7.19. The molecule has 1 heterocycles. The third-order valence-corrected chi connectivity index (χ3v) is 5.11. The highest BCUT2D eigenvalue weighted by molar-refractivity contribution is 5.74. The molecule has 1 aliphatic carbocycles. The van der Waals surface area contributed by atoms with Gasteiger partial charge >= 0.3 is 6.03 Å². The Labute approximate surface area is 148 Å². The lowest BCUT2D eigenvalue weighted by Gasteiger charge is -2.38. The number of nitrogens with zero attached hydrogens (tertiary/aromatic N) is 2. The fourth-order valence-electron chi connectivity index (χ4n) is 3.40. The van der Waals surface area contributed by atoms with E-state index in [0.29, 0.717) is 13.1 Å². The van der Waals surface area contributed by atoms with Crippen molar-refractivity contribution in [3.05, 3.63) is 48.3 Å². The zero-order valence-corrected chi connectivity index (χ0v) is 14.6. The van der Waals surface area contributed by atoms with Crippen LogP contribution in [-0.2, 0) is 6.54 Å². The average molecular weight is 342 g/mol. The highest BCUT2D eigenvalue weighted by Crippen LogP contribution is 2.35. The molecule has 1 aliphatic rings. The van der Waals surface area contributed by atoms with Crippen LogP contribution in [0, 0.1) is 5.41 Å². The second-order valence-electron chi connectivity index (χ2n) is 7.03. The Bertz CT molecular complexity index is 701. The summed E-state index contributed by atoms with van der Waals surface area (Å²) in [4.78, 5) is 12.2. The largest absolute Gasteiger partial charge is 0.392 e. The van der Waals surface area contributed by atoms with Crippen molar-refractivity contribution in [3.63, 3.8) is 0 Å². The Kier molecular flexibility index (Phi) is 5.38. The van der Waals surface area contributed by atoms with E-state index in [0.717, 1.165) is 36.9 Å². The van der Waals surface area contributed by atoms with Crippen LogP contribution in [-0.4, -0.2) is 33.6 Å². The Morgan fingerprint density at radius 3 is 2.92 bits per heavy atom. The molecule has 0 bridgehead atoms. The van der Waals surface area contributed by atoms with E-state index in [2.05, 4.69) is 15.7 Å². The Hall–Kier alpha value is -2.34. The van der Waals surface area contributed by atoms with Gasteiger partial charge in [-0.05, 0) is 30.5 Å². The molecule has 1 saturated carbocycles. The maximum Gasteiger partial charge on any atom is 0.315 e. The first kappa shape index (κ1) is 17.5. The molecule has 134 valence electrons. The fraction of sp³-hybridized carbons (Fsp3) is 0.474. The quantitative estimate of drug-likeness (QED) is 0.781.